The van der Waals surface area contributed by atoms with E-state index in [0.717, 1.165) is 17.5 Å². The number of hydrogen-bond acceptors (Lipinski definition) is 3. The quantitative estimate of drug-likeness (QED) is 0.748. The van der Waals surface area contributed by atoms with Crippen LogP contribution in [0.1, 0.15) is 36.1 Å². The number of hydrogen-bond donors (Lipinski definition) is 2. The lowest BCUT2D eigenvalue weighted by atomic mass is 10.0. The van der Waals surface area contributed by atoms with E-state index >= 15 is 0 Å². The van der Waals surface area contributed by atoms with Gasteiger partial charge in [-0.25, -0.2) is 4.79 Å². The van der Waals surface area contributed by atoms with Crippen molar-refractivity contribution in [2.75, 3.05) is 13.2 Å². The average molecular weight is 279 g/mol. The Morgan fingerprint density at radius 3 is 2.35 bits per heavy atom. The largest absolute Gasteiger partial charge is 0.479 e. The molecular formula is C15H21NO4. The highest BCUT2D eigenvalue weighted by Crippen LogP contribution is 2.17. The first-order chi connectivity index (χ1) is 9.43. The molecule has 0 aliphatic carbocycles. The number of carbonyl (C=O) groups is 2. The van der Waals surface area contributed by atoms with Crippen molar-refractivity contribution in [1.82, 2.24) is 5.32 Å². The summed E-state index contributed by atoms with van der Waals surface area (Å²) in [5.41, 5.74) is 2.49. The first-order valence-electron chi connectivity index (χ1n) is 6.62. The molecule has 0 saturated carbocycles. The fourth-order valence-corrected chi connectivity index (χ4v) is 1.98. The zero-order valence-corrected chi connectivity index (χ0v) is 12.1. The van der Waals surface area contributed by atoms with Gasteiger partial charge in [-0.05, 0) is 25.8 Å². The molecule has 5 heteroatoms. The van der Waals surface area contributed by atoms with Gasteiger partial charge in [-0.2, -0.15) is 0 Å². The Morgan fingerprint density at radius 2 is 1.85 bits per heavy atom. The van der Waals surface area contributed by atoms with Crippen LogP contribution in [-0.4, -0.2) is 30.2 Å². The zero-order chi connectivity index (χ0) is 15.1. The third-order valence-corrected chi connectivity index (χ3v) is 2.71. The van der Waals surface area contributed by atoms with Crippen molar-refractivity contribution >= 4 is 11.9 Å². The van der Waals surface area contributed by atoms with Gasteiger partial charge in [0.15, 0.2) is 6.04 Å². The normalized spacial score (nSPS) is 11.9. The fraction of sp³-hybridized carbons (Fsp3) is 0.467. The molecule has 110 valence electrons. The maximum Gasteiger partial charge on any atom is 0.330 e. The topological polar surface area (TPSA) is 75.6 Å². The molecule has 0 bridgehead atoms. The summed E-state index contributed by atoms with van der Waals surface area (Å²) in [6.45, 7) is 6.08. The zero-order valence-electron chi connectivity index (χ0n) is 12.1. The van der Waals surface area contributed by atoms with Gasteiger partial charge in [-0.3, -0.25) is 4.79 Å². The number of nitrogens with one attached hydrogen (secondary N) is 1. The smallest absolute Gasteiger partial charge is 0.330 e. The van der Waals surface area contributed by atoms with E-state index in [0.29, 0.717) is 12.2 Å². The molecule has 1 amide bonds. The number of aryl methyl sites for hydroxylation is 2. The van der Waals surface area contributed by atoms with E-state index in [1.165, 1.54) is 0 Å². The molecule has 0 spiro atoms. The van der Waals surface area contributed by atoms with Gasteiger partial charge in [0.25, 0.3) is 0 Å². The van der Waals surface area contributed by atoms with Crippen molar-refractivity contribution in [1.29, 1.82) is 0 Å². The molecule has 1 atom stereocenters. The minimum atomic E-state index is -1.08. The van der Waals surface area contributed by atoms with Gasteiger partial charge in [-0.15, -0.1) is 0 Å². The summed E-state index contributed by atoms with van der Waals surface area (Å²) in [5, 5.41) is 11.8. The van der Waals surface area contributed by atoms with Crippen LogP contribution >= 0.6 is 0 Å². The molecule has 0 aliphatic heterocycles. The average Bonchev–Trinajstić information content (AvgIpc) is 2.34. The highest BCUT2D eigenvalue weighted by Gasteiger charge is 2.22. The molecule has 0 radical (unpaired) electrons. The van der Waals surface area contributed by atoms with E-state index in [2.05, 4.69) is 5.32 Å². The molecule has 2 N–H and O–H groups in total. The van der Waals surface area contributed by atoms with Gasteiger partial charge in [0, 0.05) is 6.61 Å². The van der Waals surface area contributed by atoms with Crippen LogP contribution in [0.5, 0.6) is 0 Å². The number of amides is 1. The third kappa shape index (κ3) is 5.01. The van der Waals surface area contributed by atoms with Gasteiger partial charge >= 0.3 is 5.97 Å². The number of benzene rings is 1. The molecule has 20 heavy (non-hydrogen) atoms. The van der Waals surface area contributed by atoms with Crippen molar-refractivity contribution in [2.24, 2.45) is 0 Å². The van der Waals surface area contributed by atoms with E-state index in [9.17, 15) is 14.7 Å². The van der Waals surface area contributed by atoms with Crippen molar-refractivity contribution in [3.8, 4) is 0 Å². The van der Waals surface area contributed by atoms with Crippen LogP contribution in [0, 0.1) is 13.8 Å². The monoisotopic (exact) mass is 279 g/mol. The Balaban J connectivity index is 2.79. The summed E-state index contributed by atoms with van der Waals surface area (Å²) in [5.74, 6) is -1.51. The summed E-state index contributed by atoms with van der Waals surface area (Å²) < 4.78 is 5.10. The Morgan fingerprint density at radius 1 is 1.25 bits per heavy atom. The van der Waals surface area contributed by atoms with E-state index in [1.807, 2.05) is 26.8 Å². The summed E-state index contributed by atoms with van der Waals surface area (Å²) >= 11 is 0. The van der Waals surface area contributed by atoms with Crippen LogP contribution in [0.3, 0.4) is 0 Å². The molecule has 0 fully saturated rings. The van der Waals surface area contributed by atoms with Gasteiger partial charge in [0.05, 0.1) is 0 Å². The molecule has 0 saturated heterocycles. The van der Waals surface area contributed by atoms with Crippen LogP contribution in [0.15, 0.2) is 18.2 Å². The van der Waals surface area contributed by atoms with E-state index < -0.39 is 17.9 Å². The van der Waals surface area contributed by atoms with E-state index in [4.69, 9.17) is 4.74 Å². The van der Waals surface area contributed by atoms with Crippen molar-refractivity contribution in [3.05, 3.63) is 34.9 Å². The first-order valence-corrected chi connectivity index (χ1v) is 6.62. The number of carboxylic acid groups (broad SMARTS) is 1. The number of ether oxygens (including phenoxy) is 1. The highest BCUT2D eigenvalue weighted by atomic mass is 16.5. The summed E-state index contributed by atoms with van der Waals surface area (Å²) in [7, 11) is 0. The lowest BCUT2D eigenvalue weighted by Gasteiger charge is -2.16. The molecular weight excluding hydrogens is 258 g/mol. The number of aliphatic carboxylic acids is 1. The minimum Gasteiger partial charge on any atom is -0.479 e. The standard InChI is InChI=1S/C15H21NO4/c1-4-5-20-9-13(17)16-14(15(18)19)12-7-10(2)6-11(3)8-12/h6-8,14H,4-5,9H2,1-3H3,(H,16,17)(H,18,19). The Bertz CT molecular complexity index is 465. The van der Waals surface area contributed by atoms with Crippen molar-refractivity contribution in [3.63, 3.8) is 0 Å². The third-order valence-electron chi connectivity index (χ3n) is 2.71. The molecule has 1 aromatic rings. The number of carboxylic acids is 1. The minimum absolute atomic E-state index is 0.123. The Labute approximate surface area is 118 Å². The second-order valence-corrected chi connectivity index (χ2v) is 4.81. The second-order valence-electron chi connectivity index (χ2n) is 4.81. The van der Waals surface area contributed by atoms with Crippen LogP contribution in [0.4, 0.5) is 0 Å². The van der Waals surface area contributed by atoms with E-state index in [1.54, 1.807) is 12.1 Å². The molecule has 0 aromatic heterocycles. The molecule has 1 rings (SSSR count). The first kappa shape index (κ1) is 16.2. The van der Waals surface area contributed by atoms with E-state index in [-0.39, 0.29) is 6.61 Å². The molecule has 0 aliphatic rings. The summed E-state index contributed by atoms with van der Waals surface area (Å²) in [4.78, 5) is 23.0. The maximum atomic E-state index is 11.7. The second kappa shape index (κ2) is 7.65. The van der Waals surface area contributed by atoms with Crippen LogP contribution in [0.25, 0.3) is 0 Å². The molecule has 1 unspecified atom stereocenters. The number of rotatable bonds is 7. The highest BCUT2D eigenvalue weighted by molar-refractivity contribution is 5.85. The fourth-order valence-electron chi connectivity index (χ4n) is 1.98. The molecule has 5 nitrogen and oxygen atoms in total. The van der Waals surface area contributed by atoms with Gasteiger partial charge in [-0.1, -0.05) is 36.2 Å². The van der Waals surface area contributed by atoms with Gasteiger partial charge in [0.1, 0.15) is 6.61 Å². The van der Waals surface area contributed by atoms with Crippen molar-refractivity contribution in [2.45, 2.75) is 33.2 Å². The Kier molecular flexibility index (Phi) is 6.18. The summed E-state index contributed by atoms with van der Waals surface area (Å²) in [6.07, 6.45) is 0.812. The molecule has 1 aromatic carbocycles. The maximum absolute atomic E-state index is 11.7. The van der Waals surface area contributed by atoms with Crippen molar-refractivity contribution < 1.29 is 19.4 Å². The summed E-state index contributed by atoms with van der Waals surface area (Å²) in [6, 6.07) is 4.43. The van der Waals surface area contributed by atoms with Crippen LogP contribution in [0.2, 0.25) is 0 Å². The van der Waals surface area contributed by atoms with Crippen LogP contribution in [-0.2, 0) is 14.3 Å². The number of carbonyl (C=O) groups excluding carboxylic acids is 1. The predicted molar refractivity (Wildman–Crippen MR) is 75.5 cm³/mol. The lowest BCUT2D eigenvalue weighted by Crippen LogP contribution is -2.36. The molecule has 0 heterocycles. The lowest BCUT2D eigenvalue weighted by molar-refractivity contribution is -0.142. The Hall–Kier alpha value is -1.88. The van der Waals surface area contributed by atoms with Crippen LogP contribution < -0.4 is 5.32 Å². The SMILES string of the molecule is CCCOCC(=O)NC(C(=O)O)c1cc(C)cc(C)c1. The van der Waals surface area contributed by atoms with Gasteiger partial charge in [0.2, 0.25) is 5.91 Å². The predicted octanol–water partition coefficient (Wildman–Crippen LogP) is 1.97. The van der Waals surface area contributed by atoms with Gasteiger partial charge < -0.3 is 15.2 Å².